The van der Waals surface area contributed by atoms with Gasteiger partial charge in [-0.15, -0.1) is 0 Å². The molecule has 1 aliphatic heterocycles. The van der Waals surface area contributed by atoms with Crippen LogP contribution in [0.25, 0.3) is 0 Å². The van der Waals surface area contributed by atoms with Crippen LogP contribution in [-0.2, 0) is 9.47 Å². The highest BCUT2D eigenvalue weighted by Gasteiger charge is 2.23. The highest BCUT2D eigenvalue weighted by atomic mass is 16.7. The highest BCUT2D eigenvalue weighted by molar-refractivity contribution is 5.82. The molecule has 0 radical (unpaired) electrons. The van der Waals surface area contributed by atoms with Crippen molar-refractivity contribution in [3.05, 3.63) is 0 Å². The molecule has 4 heteroatoms. The van der Waals surface area contributed by atoms with Gasteiger partial charge < -0.3 is 15.2 Å². The van der Waals surface area contributed by atoms with Gasteiger partial charge in [-0.2, -0.15) is 0 Å². The summed E-state index contributed by atoms with van der Waals surface area (Å²) in [6.45, 7) is 7.27. The first-order valence-corrected chi connectivity index (χ1v) is 5.29. The lowest BCUT2D eigenvalue weighted by molar-refractivity contribution is -0.103. The van der Waals surface area contributed by atoms with Crippen LogP contribution in [0.4, 0.5) is 0 Å². The minimum Gasteiger partial charge on any atom is -0.387 e. The summed E-state index contributed by atoms with van der Waals surface area (Å²) in [6.07, 6.45) is 1.86. The molecule has 0 aromatic rings. The minimum atomic E-state index is -0.0139. The van der Waals surface area contributed by atoms with Gasteiger partial charge in [-0.05, 0) is 11.8 Å². The standard InChI is InChI=1S/C6H12N2.C5H12O2/c1-6(2)3-5(7)8-4-6;1-4-5(6-2)7-3/h3-4H2,1-2H3,(H2,7,8);5H,4H2,1-3H3. The Morgan fingerprint density at radius 2 is 1.93 bits per heavy atom. The van der Waals surface area contributed by atoms with Crippen molar-refractivity contribution in [2.75, 3.05) is 20.8 Å². The van der Waals surface area contributed by atoms with Gasteiger partial charge in [0.05, 0.1) is 5.84 Å². The molecule has 15 heavy (non-hydrogen) atoms. The fraction of sp³-hybridized carbons (Fsp3) is 0.909. The zero-order valence-corrected chi connectivity index (χ0v) is 10.5. The first-order valence-electron chi connectivity index (χ1n) is 5.29. The van der Waals surface area contributed by atoms with E-state index in [2.05, 4.69) is 18.8 Å². The lowest BCUT2D eigenvalue weighted by Crippen LogP contribution is -2.15. The number of hydrogen-bond donors (Lipinski definition) is 1. The van der Waals surface area contributed by atoms with E-state index in [9.17, 15) is 0 Å². The van der Waals surface area contributed by atoms with Gasteiger partial charge in [0, 0.05) is 27.2 Å². The number of rotatable bonds is 3. The topological polar surface area (TPSA) is 56.8 Å². The van der Waals surface area contributed by atoms with E-state index < -0.39 is 0 Å². The van der Waals surface area contributed by atoms with Crippen LogP contribution in [0, 0.1) is 5.41 Å². The SMILES string of the molecule is CC1(C)CN=C(N)C1.CCC(OC)OC. The third kappa shape index (κ3) is 6.47. The van der Waals surface area contributed by atoms with Gasteiger partial charge >= 0.3 is 0 Å². The molecule has 0 atom stereocenters. The van der Waals surface area contributed by atoms with Crippen molar-refractivity contribution in [3.8, 4) is 0 Å². The van der Waals surface area contributed by atoms with Crippen LogP contribution < -0.4 is 5.73 Å². The summed E-state index contributed by atoms with van der Waals surface area (Å²) in [5.74, 6) is 0.815. The molecule has 0 saturated carbocycles. The van der Waals surface area contributed by atoms with Gasteiger partial charge in [0.2, 0.25) is 0 Å². The Labute approximate surface area is 92.9 Å². The van der Waals surface area contributed by atoms with E-state index in [4.69, 9.17) is 15.2 Å². The average molecular weight is 216 g/mol. The van der Waals surface area contributed by atoms with E-state index >= 15 is 0 Å². The molecule has 0 spiro atoms. The minimum absolute atomic E-state index is 0.0139. The van der Waals surface area contributed by atoms with E-state index in [1.807, 2.05) is 6.92 Å². The Balaban J connectivity index is 0.000000265. The monoisotopic (exact) mass is 216 g/mol. The summed E-state index contributed by atoms with van der Waals surface area (Å²) >= 11 is 0. The first kappa shape index (κ1) is 14.4. The number of nitrogens with zero attached hydrogens (tertiary/aromatic N) is 1. The van der Waals surface area contributed by atoms with Gasteiger partial charge in [0.1, 0.15) is 0 Å². The fourth-order valence-corrected chi connectivity index (χ4v) is 1.35. The zero-order valence-electron chi connectivity index (χ0n) is 10.5. The number of ether oxygens (including phenoxy) is 2. The molecule has 0 unspecified atom stereocenters. The van der Waals surface area contributed by atoms with Crippen LogP contribution in [0.5, 0.6) is 0 Å². The van der Waals surface area contributed by atoms with Crippen LogP contribution in [0.1, 0.15) is 33.6 Å². The molecule has 0 fully saturated rings. The van der Waals surface area contributed by atoms with Crippen LogP contribution >= 0.6 is 0 Å². The molecule has 1 heterocycles. The lowest BCUT2D eigenvalue weighted by atomic mass is 9.92. The molecule has 0 bridgehead atoms. The Bertz CT molecular complexity index is 193. The van der Waals surface area contributed by atoms with Gasteiger partial charge in [0.15, 0.2) is 6.29 Å². The molecule has 0 aliphatic carbocycles. The molecule has 0 aromatic carbocycles. The third-order valence-corrected chi connectivity index (χ3v) is 2.23. The lowest BCUT2D eigenvalue weighted by Gasteiger charge is -2.12. The largest absolute Gasteiger partial charge is 0.387 e. The highest BCUT2D eigenvalue weighted by Crippen LogP contribution is 2.24. The maximum atomic E-state index is 5.46. The summed E-state index contributed by atoms with van der Waals surface area (Å²) < 4.78 is 9.65. The molecular weight excluding hydrogens is 192 g/mol. The van der Waals surface area contributed by atoms with Crippen LogP contribution in [0.15, 0.2) is 4.99 Å². The Hall–Kier alpha value is -0.610. The molecule has 90 valence electrons. The molecule has 0 amide bonds. The Morgan fingerprint density at radius 3 is 2.00 bits per heavy atom. The zero-order chi connectivity index (χ0) is 11.9. The van der Waals surface area contributed by atoms with Gasteiger partial charge in [-0.3, -0.25) is 4.99 Å². The second-order valence-electron chi connectivity index (χ2n) is 4.46. The number of amidine groups is 1. The Morgan fingerprint density at radius 1 is 1.40 bits per heavy atom. The van der Waals surface area contributed by atoms with E-state index in [-0.39, 0.29) is 6.29 Å². The number of methoxy groups -OCH3 is 2. The molecule has 4 nitrogen and oxygen atoms in total. The second kappa shape index (κ2) is 6.80. The molecule has 0 aromatic heterocycles. The quantitative estimate of drug-likeness (QED) is 0.732. The van der Waals surface area contributed by atoms with Crippen molar-refractivity contribution in [1.29, 1.82) is 0 Å². The van der Waals surface area contributed by atoms with Crippen LogP contribution in [-0.4, -0.2) is 32.9 Å². The van der Waals surface area contributed by atoms with Crippen LogP contribution in [0.3, 0.4) is 0 Å². The number of hydrogen-bond acceptors (Lipinski definition) is 4. The fourth-order valence-electron chi connectivity index (χ4n) is 1.35. The summed E-state index contributed by atoms with van der Waals surface area (Å²) in [4.78, 5) is 4.08. The molecule has 0 saturated heterocycles. The molecule has 1 rings (SSSR count). The van der Waals surface area contributed by atoms with Crippen LogP contribution in [0.2, 0.25) is 0 Å². The van der Waals surface area contributed by atoms with E-state index in [0.717, 1.165) is 25.2 Å². The van der Waals surface area contributed by atoms with E-state index in [1.54, 1.807) is 14.2 Å². The Kier molecular flexibility index (Phi) is 6.52. The second-order valence-corrected chi connectivity index (χ2v) is 4.46. The first-order chi connectivity index (χ1) is 6.95. The van der Waals surface area contributed by atoms with Crippen molar-refractivity contribution < 1.29 is 9.47 Å². The average Bonchev–Trinajstić information content (AvgIpc) is 2.48. The summed E-state index contributed by atoms with van der Waals surface area (Å²) in [5, 5.41) is 0. The van der Waals surface area contributed by atoms with Crippen molar-refractivity contribution in [1.82, 2.24) is 0 Å². The molecular formula is C11H24N2O2. The summed E-state index contributed by atoms with van der Waals surface area (Å²) in [7, 11) is 3.27. The van der Waals surface area contributed by atoms with Crippen molar-refractivity contribution >= 4 is 5.84 Å². The van der Waals surface area contributed by atoms with Crippen molar-refractivity contribution in [3.63, 3.8) is 0 Å². The predicted octanol–water partition coefficient (Wildman–Crippen LogP) is 1.79. The number of aliphatic imine (C=N–C) groups is 1. The molecule has 2 N–H and O–H groups in total. The van der Waals surface area contributed by atoms with Gasteiger partial charge in [0.25, 0.3) is 0 Å². The third-order valence-electron chi connectivity index (χ3n) is 2.23. The van der Waals surface area contributed by atoms with Crippen molar-refractivity contribution in [2.45, 2.75) is 39.9 Å². The number of nitrogens with two attached hydrogens (primary N) is 1. The predicted molar refractivity (Wildman–Crippen MR) is 63.0 cm³/mol. The maximum Gasteiger partial charge on any atom is 0.156 e. The maximum absolute atomic E-state index is 5.46. The normalized spacial score (nSPS) is 18.4. The van der Waals surface area contributed by atoms with Gasteiger partial charge in [-0.1, -0.05) is 20.8 Å². The summed E-state index contributed by atoms with van der Waals surface area (Å²) in [5.41, 5.74) is 5.80. The van der Waals surface area contributed by atoms with Crippen molar-refractivity contribution in [2.24, 2.45) is 16.1 Å². The van der Waals surface area contributed by atoms with E-state index in [1.165, 1.54) is 0 Å². The summed E-state index contributed by atoms with van der Waals surface area (Å²) in [6, 6.07) is 0. The smallest absolute Gasteiger partial charge is 0.156 e. The van der Waals surface area contributed by atoms with E-state index in [0.29, 0.717) is 5.41 Å². The molecule has 1 aliphatic rings. The van der Waals surface area contributed by atoms with Gasteiger partial charge in [-0.25, -0.2) is 0 Å².